The maximum Gasteiger partial charge on any atom is 0.0740 e. The van der Waals surface area contributed by atoms with E-state index in [0.717, 1.165) is 38.0 Å². The van der Waals surface area contributed by atoms with E-state index in [2.05, 4.69) is 35.6 Å². The van der Waals surface area contributed by atoms with E-state index in [0.29, 0.717) is 0 Å². The largest absolute Gasteiger partial charge is 0.316 e. The standard InChI is InChI=1S/C19H19ClN2/c20-17-12-14-4-3-9-22-19(14)18(13-7-10-21-11-8-13)16-6-2-1-5-15(16)17/h1-6,9,17,21H,7-8,10-12H2. The maximum atomic E-state index is 6.72. The van der Waals surface area contributed by atoms with E-state index >= 15 is 0 Å². The molecule has 1 aromatic heterocycles. The molecule has 0 amide bonds. The van der Waals surface area contributed by atoms with Gasteiger partial charge in [-0.25, -0.2) is 0 Å². The molecule has 1 N–H and O–H groups in total. The van der Waals surface area contributed by atoms with E-state index < -0.39 is 0 Å². The van der Waals surface area contributed by atoms with Crippen LogP contribution in [0, 0.1) is 0 Å². The first kappa shape index (κ1) is 14.0. The Morgan fingerprint density at radius 2 is 1.86 bits per heavy atom. The van der Waals surface area contributed by atoms with Gasteiger partial charge in [0.2, 0.25) is 0 Å². The molecule has 0 radical (unpaired) electrons. The Morgan fingerprint density at radius 1 is 1.05 bits per heavy atom. The molecule has 1 aromatic carbocycles. The van der Waals surface area contributed by atoms with Gasteiger partial charge < -0.3 is 5.32 Å². The highest BCUT2D eigenvalue weighted by Crippen LogP contribution is 2.41. The van der Waals surface area contributed by atoms with E-state index in [1.807, 2.05) is 12.3 Å². The molecule has 2 aromatic rings. The molecular weight excluding hydrogens is 292 g/mol. The summed E-state index contributed by atoms with van der Waals surface area (Å²) < 4.78 is 0. The Bertz CT molecular complexity index is 728. The molecule has 0 bridgehead atoms. The number of halogens is 1. The summed E-state index contributed by atoms with van der Waals surface area (Å²) in [5.74, 6) is 0. The molecule has 1 aliphatic heterocycles. The molecule has 4 rings (SSSR count). The topological polar surface area (TPSA) is 24.9 Å². The predicted octanol–water partition coefficient (Wildman–Crippen LogP) is 4.10. The second-order valence-electron chi connectivity index (χ2n) is 6.00. The van der Waals surface area contributed by atoms with Crippen LogP contribution in [0.15, 0.2) is 48.2 Å². The number of hydrogen-bond acceptors (Lipinski definition) is 2. The maximum absolute atomic E-state index is 6.72. The van der Waals surface area contributed by atoms with Gasteiger partial charge in [0.15, 0.2) is 0 Å². The van der Waals surface area contributed by atoms with E-state index in [4.69, 9.17) is 16.6 Å². The van der Waals surface area contributed by atoms with Crippen LogP contribution in [0.25, 0.3) is 5.57 Å². The molecule has 112 valence electrons. The number of aromatic nitrogens is 1. The molecule has 1 unspecified atom stereocenters. The summed E-state index contributed by atoms with van der Waals surface area (Å²) in [6.45, 7) is 2.10. The average Bonchev–Trinajstić information content (AvgIpc) is 2.70. The third kappa shape index (κ3) is 2.37. The molecule has 3 heteroatoms. The minimum absolute atomic E-state index is 0.0129. The van der Waals surface area contributed by atoms with Crippen LogP contribution in [-0.2, 0) is 6.42 Å². The van der Waals surface area contributed by atoms with Crippen LogP contribution < -0.4 is 5.32 Å². The van der Waals surface area contributed by atoms with Crippen molar-refractivity contribution in [3.05, 3.63) is 70.6 Å². The Morgan fingerprint density at radius 3 is 2.73 bits per heavy atom. The van der Waals surface area contributed by atoms with Gasteiger partial charge in [-0.1, -0.05) is 35.9 Å². The van der Waals surface area contributed by atoms with Gasteiger partial charge in [-0.15, -0.1) is 11.6 Å². The van der Waals surface area contributed by atoms with Crippen molar-refractivity contribution in [2.24, 2.45) is 0 Å². The monoisotopic (exact) mass is 310 g/mol. The van der Waals surface area contributed by atoms with Gasteiger partial charge in [0, 0.05) is 11.8 Å². The van der Waals surface area contributed by atoms with Crippen LogP contribution in [0.3, 0.4) is 0 Å². The van der Waals surface area contributed by atoms with Crippen molar-refractivity contribution < 1.29 is 0 Å². The third-order valence-corrected chi connectivity index (χ3v) is 5.04. The fourth-order valence-electron chi connectivity index (χ4n) is 3.59. The summed E-state index contributed by atoms with van der Waals surface area (Å²) in [5.41, 5.74) is 7.75. The zero-order valence-electron chi connectivity index (χ0n) is 12.5. The van der Waals surface area contributed by atoms with Gasteiger partial charge in [-0.05, 0) is 55.1 Å². The van der Waals surface area contributed by atoms with Crippen LogP contribution in [0.2, 0.25) is 0 Å². The molecule has 1 fully saturated rings. The highest BCUT2D eigenvalue weighted by Gasteiger charge is 2.26. The minimum atomic E-state index is 0.0129. The zero-order valence-corrected chi connectivity index (χ0v) is 13.2. The number of rotatable bonds is 0. The number of benzene rings is 1. The van der Waals surface area contributed by atoms with Crippen molar-refractivity contribution in [2.45, 2.75) is 24.6 Å². The lowest BCUT2D eigenvalue weighted by molar-refractivity contribution is 0.611. The highest BCUT2D eigenvalue weighted by atomic mass is 35.5. The lowest BCUT2D eigenvalue weighted by atomic mass is 9.89. The van der Waals surface area contributed by atoms with Gasteiger partial charge in [-0.2, -0.15) is 0 Å². The molecule has 2 aliphatic rings. The van der Waals surface area contributed by atoms with Crippen LogP contribution in [0.4, 0.5) is 0 Å². The second-order valence-corrected chi connectivity index (χ2v) is 6.53. The first-order chi connectivity index (χ1) is 10.8. The quantitative estimate of drug-likeness (QED) is 0.741. The second kappa shape index (κ2) is 5.86. The third-order valence-electron chi connectivity index (χ3n) is 4.66. The normalized spacial score (nSPS) is 21.0. The molecule has 1 atom stereocenters. The van der Waals surface area contributed by atoms with Crippen molar-refractivity contribution in [1.29, 1.82) is 0 Å². The van der Waals surface area contributed by atoms with Crippen molar-refractivity contribution in [3.63, 3.8) is 0 Å². The van der Waals surface area contributed by atoms with Crippen molar-refractivity contribution in [1.82, 2.24) is 10.3 Å². The average molecular weight is 311 g/mol. The van der Waals surface area contributed by atoms with E-state index in [1.165, 1.54) is 27.8 Å². The number of alkyl halides is 1. The van der Waals surface area contributed by atoms with Gasteiger partial charge in [0.1, 0.15) is 0 Å². The summed E-state index contributed by atoms with van der Waals surface area (Å²) in [6, 6.07) is 12.8. The fraction of sp³-hybridized carbons (Fsp3) is 0.316. The Labute approximate surface area is 136 Å². The number of pyridine rings is 1. The summed E-state index contributed by atoms with van der Waals surface area (Å²) >= 11 is 6.72. The van der Waals surface area contributed by atoms with Gasteiger partial charge in [0.05, 0.1) is 11.1 Å². The summed E-state index contributed by atoms with van der Waals surface area (Å²) in [4.78, 5) is 4.73. The highest BCUT2D eigenvalue weighted by molar-refractivity contribution is 6.21. The first-order valence-corrected chi connectivity index (χ1v) is 8.38. The van der Waals surface area contributed by atoms with Crippen LogP contribution >= 0.6 is 11.6 Å². The number of nitrogens with zero attached hydrogens (tertiary/aromatic N) is 1. The summed E-state index contributed by atoms with van der Waals surface area (Å²) in [7, 11) is 0. The van der Waals surface area contributed by atoms with Gasteiger partial charge >= 0.3 is 0 Å². The van der Waals surface area contributed by atoms with Crippen LogP contribution in [-0.4, -0.2) is 18.1 Å². The Hall–Kier alpha value is -1.64. The van der Waals surface area contributed by atoms with E-state index in [-0.39, 0.29) is 5.38 Å². The fourth-order valence-corrected chi connectivity index (χ4v) is 3.95. The van der Waals surface area contributed by atoms with Gasteiger partial charge in [-0.3, -0.25) is 4.98 Å². The van der Waals surface area contributed by atoms with E-state index in [1.54, 1.807) is 0 Å². The zero-order chi connectivity index (χ0) is 14.9. The van der Waals surface area contributed by atoms with E-state index in [9.17, 15) is 0 Å². The summed E-state index contributed by atoms with van der Waals surface area (Å²) in [5, 5.41) is 3.46. The molecule has 22 heavy (non-hydrogen) atoms. The van der Waals surface area contributed by atoms with Crippen LogP contribution in [0.5, 0.6) is 0 Å². The molecule has 1 aliphatic carbocycles. The van der Waals surface area contributed by atoms with Crippen molar-refractivity contribution >= 4 is 17.2 Å². The molecule has 2 heterocycles. The molecule has 2 nitrogen and oxygen atoms in total. The van der Waals surface area contributed by atoms with Crippen LogP contribution in [0.1, 0.15) is 40.6 Å². The Kier molecular flexibility index (Phi) is 3.73. The van der Waals surface area contributed by atoms with Crippen molar-refractivity contribution in [2.75, 3.05) is 13.1 Å². The molecular formula is C19H19ClN2. The smallest absolute Gasteiger partial charge is 0.0740 e. The lowest BCUT2D eigenvalue weighted by Gasteiger charge is -2.21. The molecule has 0 spiro atoms. The van der Waals surface area contributed by atoms with Gasteiger partial charge in [0.25, 0.3) is 0 Å². The number of hydrogen-bond donors (Lipinski definition) is 1. The molecule has 0 saturated carbocycles. The number of fused-ring (bicyclic) bond motifs is 2. The van der Waals surface area contributed by atoms with Crippen molar-refractivity contribution in [3.8, 4) is 0 Å². The predicted molar refractivity (Wildman–Crippen MR) is 91.1 cm³/mol. The lowest BCUT2D eigenvalue weighted by Crippen LogP contribution is -2.24. The summed E-state index contributed by atoms with van der Waals surface area (Å²) in [6.07, 6.45) is 4.92. The number of piperidine rings is 1. The molecule has 1 saturated heterocycles. The SMILES string of the molecule is ClC1Cc2cccnc2C(=C2CCNCC2)c2ccccc21. The first-order valence-electron chi connectivity index (χ1n) is 7.95. The Balaban J connectivity index is 2.01. The minimum Gasteiger partial charge on any atom is -0.316 e. The number of nitrogens with one attached hydrogen (secondary N) is 1.